The van der Waals surface area contributed by atoms with Crippen molar-refractivity contribution >= 4 is 0 Å². The van der Waals surface area contributed by atoms with Crippen molar-refractivity contribution in [2.75, 3.05) is 13.7 Å². The van der Waals surface area contributed by atoms with E-state index in [-0.39, 0.29) is 11.5 Å². The molecule has 0 spiro atoms. The SMILES string of the molecule is CCOC1CC(N)(c2nc(Cc3coc(-c4ccc(OC)cc4)n3)no2)C1(C)C. The van der Waals surface area contributed by atoms with Gasteiger partial charge in [0.15, 0.2) is 5.82 Å². The molecule has 1 fully saturated rings. The summed E-state index contributed by atoms with van der Waals surface area (Å²) in [7, 11) is 1.63. The first-order valence-corrected chi connectivity index (χ1v) is 9.69. The lowest BCUT2D eigenvalue weighted by molar-refractivity contribution is -0.162. The van der Waals surface area contributed by atoms with Crippen LogP contribution in [0.1, 0.15) is 44.6 Å². The summed E-state index contributed by atoms with van der Waals surface area (Å²) in [5.74, 6) is 2.27. The Balaban J connectivity index is 1.47. The van der Waals surface area contributed by atoms with Crippen LogP contribution in [0.3, 0.4) is 0 Å². The molecule has 2 unspecified atom stereocenters. The van der Waals surface area contributed by atoms with Gasteiger partial charge in [0.1, 0.15) is 17.6 Å². The third-order valence-electron chi connectivity index (χ3n) is 5.91. The largest absolute Gasteiger partial charge is 0.497 e. The smallest absolute Gasteiger partial charge is 0.247 e. The number of rotatable bonds is 7. The molecule has 0 radical (unpaired) electrons. The number of hydrogen-bond acceptors (Lipinski definition) is 8. The van der Waals surface area contributed by atoms with Crippen molar-refractivity contribution in [3.8, 4) is 17.2 Å². The Labute approximate surface area is 169 Å². The molecular formula is C21H26N4O4. The molecule has 3 aromatic rings. The quantitative estimate of drug-likeness (QED) is 0.645. The average molecular weight is 398 g/mol. The zero-order valence-corrected chi connectivity index (χ0v) is 17.1. The van der Waals surface area contributed by atoms with E-state index in [4.69, 9.17) is 24.1 Å². The van der Waals surface area contributed by atoms with E-state index in [1.807, 2.05) is 31.2 Å². The van der Waals surface area contributed by atoms with Crippen LogP contribution in [-0.4, -0.2) is 34.9 Å². The summed E-state index contributed by atoms with van der Waals surface area (Å²) in [6, 6.07) is 7.52. The Morgan fingerprint density at radius 1 is 1.21 bits per heavy atom. The van der Waals surface area contributed by atoms with Crippen LogP contribution in [-0.2, 0) is 16.7 Å². The van der Waals surface area contributed by atoms with Crippen LogP contribution in [0.25, 0.3) is 11.5 Å². The zero-order chi connectivity index (χ0) is 20.6. The van der Waals surface area contributed by atoms with Gasteiger partial charge in [-0.2, -0.15) is 4.98 Å². The Morgan fingerprint density at radius 2 is 1.97 bits per heavy atom. The molecule has 0 aliphatic heterocycles. The molecule has 2 heterocycles. The molecule has 0 bridgehead atoms. The van der Waals surface area contributed by atoms with Gasteiger partial charge < -0.3 is 24.1 Å². The summed E-state index contributed by atoms with van der Waals surface area (Å²) in [4.78, 5) is 9.06. The van der Waals surface area contributed by atoms with Gasteiger partial charge in [0.25, 0.3) is 0 Å². The molecule has 4 rings (SSSR count). The summed E-state index contributed by atoms with van der Waals surface area (Å²) in [5, 5.41) is 4.10. The third-order valence-corrected chi connectivity index (χ3v) is 5.91. The van der Waals surface area contributed by atoms with E-state index in [1.165, 1.54) is 0 Å². The summed E-state index contributed by atoms with van der Waals surface area (Å²) in [6.45, 7) is 6.77. The van der Waals surface area contributed by atoms with E-state index in [0.717, 1.165) is 11.3 Å². The Hall–Kier alpha value is -2.71. The van der Waals surface area contributed by atoms with Crippen molar-refractivity contribution in [2.24, 2.45) is 11.1 Å². The van der Waals surface area contributed by atoms with E-state index >= 15 is 0 Å². The van der Waals surface area contributed by atoms with Gasteiger partial charge in [-0.05, 0) is 31.2 Å². The normalized spacial score (nSPS) is 23.0. The summed E-state index contributed by atoms with van der Waals surface area (Å²) < 4.78 is 22.0. The minimum atomic E-state index is -0.698. The van der Waals surface area contributed by atoms with Crippen LogP contribution >= 0.6 is 0 Å². The molecule has 29 heavy (non-hydrogen) atoms. The highest BCUT2D eigenvalue weighted by molar-refractivity contribution is 5.54. The number of nitrogens with two attached hydrogens (primary N) is 1. The number of ether oxygens (including phenoxy) is 2. The first-order valence-electron chi connectivity index (χ1n) is 9.69. The number of nitrogens with zero attached hydrogens (tertiary/aromatic N) is 3. The maximum absolute atomic E-state index is 6.61. The molecule has 8 heteroatoms. The summed E-state index contributed by atoms with van der Waals surface area (Å²) in [5.41, 5.74) is 7.21. The molecular weight excluding hydrogens is 372 g/mol. The van der Waals surface area contributed by atoms with Crippen molar-refractivity contribution in [1.82, 2.24) is 15.1 Å². The molecule has 2 N–H and O–H groups in total. The second kappa shape index (κ2) is 7.27. The molecule has 1 aliphatic rings. The summed E-state index contributed by atoms with van der Waals surface area (Å²) in [6.07, 6.45) is 2.73. The number of methoxy groups -OCH3 is 1. The first kappa shape index (κ1) is 19.6. The van der Waals surface area contributed by atoms with Gasteiger partial charge in [-0.1, -0.05) is 19.0 Å². The lowest BCUT2D eigenvalue weighted by Crippen LogP contribution is -2.67. The van der Waals surface area contributed by atoms with Gasteiger partial charge in [0.2, 0.25) is 11.8 Å². The molecule has 1 aromatic carbocycles. The average Bonchev–Trinajstić information content (AvgIpc) is 3.38. The minimum absolute atomic E-state index is 0.0791. The van der Waals surface area contributed by atoms with Gasteiger partial charge in [-0.3, -0.25) is 0 Å². The first-order chi connectivity index (χ1) is 13.9. The summed E-state index contributed by atoms with van der Waals surface area (Å²) >= 11 is 0. The van der Waals surface area contributed by atoms with Crippen molar-refractivity contribution in [3.05, 3.63) is 47.9 Å². The van der Waals surface area contributed by atoms with Crippen molar-refractivity contribution in [3.63, 3.8) is 0 Å². The van der Waals surface area contributed by atoms with Crippen LogP contribution in [0.5, 0.6) is 5.75 Å². The fourth-order valence-electron chi connectivity index (χ4n) is 3.72. The Bertz CT molecular complexity index is 979. The van der Waals surface area contributed by atoms with Crippen LogP contribution in [0.15, 0.2) is 39.5 Å². The highest BCUT2D eigenvalue weighted by Crippen LogP contribution is 2.55. The number of hydrogen-bond donors (Lipinski definition) is 1. The van der Waals surface area contributed by atoms with Gasteiger partial charge >= 0.3 is 0 Å². The topological polar surface area (TPSA) is 109 Å². The van der Waals surface area contributed by atoms with Gasteiger partial charge in [0, 0.05) is 24.0 Å². The van der Waals surface area contributed by atoms with E-state index in [2.05, 4.69) is 29.0 Å². The predicted molar refractivity (Wildman–Crippen MR) is 105 cm³/mol. The second-order valence-electron chi connectivity index (χ2n) is 7.91. The number of aromatic nitrogens is 3. The van der Waals surface area contributed by atoms with Crippen LogP contribution in [0, 0.1) is 5.41 Å². The third kappa shape index (κ3) is 3.32. The lowest BCUT2D eigenvalue weighted by Gasteiger charge is -2.56. The Morgan fingerprint density at radius 3 is 2.62 bits per heavy atom. The van der Waals surface area contributed by atoms with Gasteiger partial charge in [-0.15, -0.1) is 0 Å². The maximum atomic E-state index is 6.61. The fourth-order valence-corrected chi connectivity index (χ4v) is 3.72. The van der Waals surface area contributed by atoms with E-state index in [9.17, 15) is 0 Å². The highest BCUT2D eigenvalue weighted by Gasteiger charge is 2.62. The standard InChI is InChI=1S/C21H26N4O4/c1-5-27-16-11-21(22,20(16,2)3)19-24-17(25-29-19)10-14-12-28-18(23-14)13-6-8-15(26-4)9-7-13/h6-9,12,16H,5,10-11,22H2,1-4H3. The van der Waals surface area contributed by atoms with Crippen LogP contribution in [0.4, 0.5) is 0 Å². The Kier molecular flexibility index (Phi) is 4.92. The van der Waals surface area contributed by atoms with Gasteiger partial charge in [-0.25, -0.2) is 4.98 Å². The number of benzene rings is 1. The monoisotopic (exact) mass is 398 g/mol. The second-order valence-corrected chi connectivity index (χ2v) is 7.91. The number of oxazole rings is 1. The highest BCUT2D eigenvalue weighted by atomic mass is 16.5. The van der Waals surface area contributed by atoms with E-state index in [0.29, 0.717) is 42.7 Å². The molecule has 154 valence electrons. The molecule has 8 nitrogen and oxygen atoms in total. The van der Waals surface area contributed by atoms with E-state index < -0.39 is 5.54 Å². The zero-order valence-electron chi connectivity index (χ0n) is 17.1. The maximum Gasteiger partial charge on any atom is 0.247 e. The molecule has 2 atom stereocenters. The van der Waals surface area contributed by atoms with Crippen molar-refractivity contribution < 1.29 is 18.4 Å². The molecule has 0 amide bonds. The van der Waals surface area contributed by atoms with Crippen LogP contribution in [0.2, 0.25) is 0 Å². The van der Waals surface area contributed by atoms with Crippen molar-refractivity contribution in [1.29, 1.82) is 0 Å². The molecule has 1 aliphatic carbocycles. The molecule has 2 aromatic heterocycles. The molecule has 0 saturated heterocycles. The van der Waals surface area contributed by atoms with Crippen LogP contribution < -0.4 is 10.5 Å². The predicted octanol–water partition coefficient (Wildman–Crippen LogP) is 3.31. The van der Waals surface area contributed by atoms with Gasteiger partial charge in [0.05, 0.1) is 25.3 Å². The molecule has 1 saturated carbocycles. The van der Waals surface area contributed by atoms with E-state index in [1.54, 1.807) is 13.4 Å². The van der Waals surface area contributed by atoms with Crippen molar-refractivity contribution in [2.45, 2.75) is 45.3 Å². The minimum Gasteiger partial charge on any atom is -0.497 e. The fraction of sp³-hybridized carbons (Fsp3) is 0.476. The lowest BCUT2D eigenvalue weighted by atomic mass is 9.54.